The van der Waals surface area contributed by atoms with E-state index in [9.17, 15) is 0 Å². The topological polar surface area (TPSA) is 94.8 Å². The lowest BCUT2D eigenvalue weighted by atomic mass is 10.0. The van der Waals surface area contributed by atoms with Crippen LogP contribution in [0.3, 0.4) is 0 Å². The van der Waals surface area contributed by atoms with Gasteiger partial charge in [0.2, 0.25) is 5.95 Å². The third-order valence-corrected chi connectivity index (χ3v) is 6.34. The maximum atomic E-state index is 5.60. The van der Waals surface area contributed by atoms with Gasteiger partial charge in [-0.25, -0.2) is 9.97 Å². The molecular formula is C25H30N6O3. The summed E-state index contributed by atoms with van der Waals surface area (Å²) in [6, 6.07) is 11.6. The first kappa shape index (κ1) is 22.2. The fraction of sp³-hybridized carbons (Fsp3) is 0.400. The minimum atomic E-state index is 0.276. The molecule has 178 valence electrons. The Morgan fingerprint density at radius 3 is 2.74 bits per heavy atom. The van der Waals surface area contributed by atoms with Crippen LogP contribution in [-0.4, -0.2) is 54.0 Å². The highest BCUT2D eigenvalue weighted by molar-refractivity contribution is 5.96. The van der Waals surface area contributed by atoms with E-state index < -0.39 is 0 Å². The maximum Gasteiger partial charge on any atom is 0.226 e. The van der Waals surface area contributed by atoms with E-state index >= 15 is 0 Å². The smallest absolute Gasteiger partial charge is 0.226 e. The summed E-state index contributed by atoms with van der Waals surface area (Å²) < 4.78 is 18.3. The van der Waals surface area contributed by atoms with Crippen LogP contribution in [0, 0.1) is 0 Å². The van der Waals surface area contributed by atoms with Gasteiger partial charge in [-0.05, 0) is 43.7 Å². The quantitative estimate of drug-likeness (QED) is 0.429. The number of anilines is 1. The third-order valence-electron chi connectivity index (χ3n) is 6.34. The van der Waals surface area contributed by atoms with Gasteiger partial charge in [-0.3, -0.25) is 0 Å². The van der Waals surface area contributed by atoms with Crippen LogP contribution in [0.15, 0.2) is 36.4 Å². The monoisotopic (exact) mass is 462 g/mol. The fourth-order valence-electron chi connectivity index (χ4n) is 4.49. The molecular weight excluding hydrogens is 432 g/mol. The van der Waals surface area contributed by atoms with E-state index in [-0.39, 0.29) is 5.92 Å². The molecule has 2 aromatic carbocycles. The summed E-state index contributed by atoms with van der Waals surface area (Å²) in [7, 11) is 4.95. The molecule has 4 aromatic rings. The molecule has 3 heterocycles. The van der Waals surface area contributed by atoms with E-state index in [0.717, 1.165) is 58.9 Å². The minimum Gasteiger partial charge on any atom is -0.497 e. The molecule has 2 aromatic heterocycles. The zero-order chi connectivity index (χ0) is 23.5. The molecule has 0 saturated carbocycles. The number of rotatable bonds is 7. The zero-order valence-electron chi connectivity index (χ0n) is 19.8. The average Bonchev–Trinajstić information content (AvgIpc) is 3.15. The number of nitrogens with zero attached hydrogens (tertiary/aromatic N) is 4. The lowest BCUT2D eigenvalue weighted by Gasteiger charge is -2.13. The van der Waals surface area contributed by atoms with Gasteiger partial charge in [-0.1, -0.05) is 12.5 Å². The van der Waals surface area contributed by atoms with Gasteiger partial charge in [0.1, 0.15) is 22.8 Å². The first-order chi connectivity index (χ1) is 16.7. The molecule has 1 atom stereocenters. The second-order valence-electron chi connectivity index (χ2n) is 8.43. The number of para-hydroxylation sites is 1. The fourth-order valence-corrected chi connectivity index (χ4v) is 4.49. The largest absolute Gasteiger partial charge is 0.497 e. The van der Waals surface area contributed by atoms with Crippen LogP contribution < -0.4 is 24.8 Å². The average molecular weight is 463 g/mol. The summed E-state index contributed by atoms with van der Waals surface area (Å²) in [6.45, 7) is 2.43. The van der Waals surface area contributed by atoms with Crippen molar-refractivity contribution < 1.29 is 14.2 Å². The van der Waals surface area contributed by atoms with E-state index in [1.165, 1.54) is 12.8 Å². The number of hydrogen-bond donors (Lipinski definition) is 2. The summed E-state index contributed by atoms with van der Waals surface area (Å²) in [5, 5.41) is 12.8. The Morgan fingerprint density at radius 1 is 1.03 bits per heavy atom. The zero-order valence-corrected chi connectivity index (χ0v) is 19.8. The first-order valence-electron chi connectivity index (χ1n) is 11.6. The number of fused-ring (bicyclic) bond motifs is 3. The summed E-state index contributed by atoms with van der Waals surface area (Å²) in [6.07, 6.45) is 3.43. The van der Waals surface area contributed by atoms with Crippen LogP contribution in [0.5, 0.6) is 17.2 Å². The number of aromatic nitrogens is 4. The van der Waals surface area contributed by atoms with Gasteiger partial charge in [0, 0.05) is 36.0 Å². The molecule has 0 radical (unpaired) electrons. The lowest BCUT2D eigenvalue weighted by molar-refractivity contribution is 0.391. The number of hydrogen-bond acceptors (Lipinski definition) is 8. The SMILES string of the molecule is COc1ccc(CNc2nc3c(OC)cccc3c3nc(C4CCCCNC4)nn23)c(OC)c1. The number of nitrogens with one attached hydrogen (secondary N) is 2. The predicted octanol–water partition coefficient (Wildman–Crippen LogP) is 3.77. The second kappa shape index (κ2) is 9.72. The highest BCUT2D eigenvalue weighted by Gasteiger charge is 2.22. The summed E-state index contributed by atoms with van der Waals surface area (Å²) in [5.41, 5.74) is 2.50. The van der Waals surface area contributed by atoms with Crippen LogP contribution in [0.2, 0.25) is 0 Å². The molecule has 1 fully saturated rings. The Labute approximate surface area is 198 Å². The molecule has 1 unspecified atom stereocenters. The first-order valence-corrected chi connectivity index (χ1v) is 11.6. The summed E-state index contributed by atoms with van der Waals surface area (Å²) >= 11 is 0. The molecule has 9 nitrogen and oxygen atoms in total. The highest BCUT2D eigenvalue weighted by atomic mass is 16.5. The van der Waals surface area contributed by atoms with Gasteiger partial charge in [0.25, 0.3) is 0 Å². The van der Waals surface area contributed by atoms with Gasteiger partial charge < -0.3 is 24.8 Å². The Hall–Kier alpha value is -3.59. The Kier molecular flexibility index (Phi) is 6.35. The second-order valence-corrected chi connectivity index (χ2v) is 8.43. The van der Waals surface area contributed by atoms with Gasteiger partial charge in [-0.15, -0.1) is 5.10 Å². The normalized spacial score (nSPS) is 16.4. The van der Waals surface area contributed by atoms with Crippen molar-refractivity contribution in [3.8, 4) is 17.2 Å². The van der Waals surface area contributed by atoms with E-state index in [1.807, 2.05) is 40.9 Å². The van der Waals surface area contributed by atoms with Gasteiger partial charge >= 0.3 is 0 Å². The Bertz CT molecular complexity index is 1300. The van der Waals surface area contributed by atoms with Crippen molar-refractivity contribution in [1.29, 1.82) is 0 Å². The molecule has 5 rings (SSSR count). The van der Waals surface area contributed by atoms with Crippen molar-refractivity contribution in [2.75, 3.05) is 39.7 Å². The van der Waals surface area contributed by atoms with Crippen LogP contribution in [0.1, 0.15) is 36.6 Å². The Balaban J connectivity index is 1.58. The highest BCUT2D eigenvalue weighted by Crippen LogP contribution is 2.31. The van der Waals surface area contributed by atoms with Crippen LogP contribution in [0.25, 0.3) is 16.6 Å². The number of benzene rings is 2. The van der Waals surface area contributed by atoms with Crippen LogP contribution in [-0.2, 0) is 6.54 Å². The van der Waals surface area contributed by atoms with Gasteiger partial charge in [0.05, 0.1) is 21.3 Å². The van der Waals surface area contributed by atoms with Gasteiger partial charge in [0.15, 0.2) is 11.5 Å². The number of methoxy groups -OCH3 is 3. The third kappa shape index (κ3) is 4.19. The molecule has 1 saturated heterocycles. The molecule has 0 bridgehead atoms. The van der Waals surface area contributed by atoms with Crippen LogP contribution >= 0.6 is 0 Å². The van der Waals surface area contributed by atoms with E-state index in [2.05, 4.69) is 10.6 Å². The maximum absolute atomic E-state index is 5.60. The van der Waals surface area contributed by atoms with E-state index in [0.29, 0.717) is 18.2 Å². The standard InChI is InChI=1S/C25H30N6O3/c1-32-18-11-10-16(21(13-18)34-3)15-27-25-28-22-19(8-6-9-20(22)33-2)24-29-23(30-31(24)25)17-7-4-5-12-26-14-17/h6,8-11,13,17,26H,4-5,7,12,14-15H2,1-3H3,(H,27,28). The van der Waals surface area contributed by atoms with E-state index in [1.54, 1.807) is 21.3 Å². The predicted molar refractivity (Wildman–Crippen MR) is 131 cm³/mol. The number of ether oxygens (including phenoxy) is 3. The molecule has 1 aliphatic heterocycles. The van der Waals surface area contributed by atoms with E-state index in [4.69, 9.17) is 29.3 Å². The van der Waals surface area contributed by atoms with Crippen molar-refractivity contribution in [1.82, 2.24) is 24.9 Å². The minimum absolute atomic E-state index is 0.276. The molecule has 0 aliphatic carbocycles. The molecule has 0 spiro atoms. The van der Waals surface area contributed by atoms with Crippen molar-refractivity contribution in [3.05, 3.63) is 47.8 Å². The Morgan fingerprint density at radius 2 is 1.91 bits per heavy atom. The summed E-state index contributed by atoms with van der Waals surface area (Å²) in [4.78, 5) is 9.89. The van der Waals surface area contributed by atoms with Crippen molar-refractivity contribution in [3.63, 3.8) is 0 Å². The molecule has 34 heavy (non-hydrogen) atoms. The molecule has 2 N–H and O–H groups in total. The van der Waals surface area contributed by atoms with Crippen molar-refractivity contribution >= 4 is 22.5 Å². The lowest BCUT2D eigenvalue weighted by Crippen LogP contribution is -2.20. The molecule has 9 heteroatoms. The van der Waals surface area contributed by atoms with Crippen LogP contribution in [0.4, 0.5) is 5.95 Å². The van der Waals surface area contributed by atoms with Crippen molar-refractivity contribution in [2.24, 2.45) is 0 Å². The molecule has 1 aliphatic rings. The van der Waals surface area contributed by atoms with Gasteiger partial charge in [-0.2, -0.15) is 4.52 Å². The van der Waals surface area contributed by atoms with Crippen molar-refractivity contribution in [2.45, 2.75) is 31.7 Å². The summed E-state index contributed by atoms with van der Waals surface area (Å²) in [5.74, 6) is 3.91. The molecule has 0 amide bonds.